The van der Waals surface area contributed by atoms with Gasteiger partial charge in [0.1, 0.15) is 5.52 Å². The van der Waals surface area contributed by atoms with Gasteiger partial charge < -0.3 is 15.1 Å². The Morgan fingerprint density at radius 2 is 2.04 bits per heavy atom. The maximum absolute atomic E-state index is 11.8. The molecule has 0 atom stereocenters. The standard InChI is InChI=1S/C20H20ClN3O2S/c1-4-12-5-8-17-16(9-12)23-19(26-17)14-10-13(6-7-15(14)21)22-20(27)24-18(25)11(2)3/h5-11H,4H2,1-3H3,(H2,22,24,25,27). The second kappa shape index (κ2) is 8.06. The molecule has 3 aromatic rings. The van der Waals surface area contributed by atoms with Crippen molar-refractivity contribution in [1.82, 2.24) is 10.3 Å². The first-order valence-electron chi connectivity index (χ1n) is 8.68. The van der Waals surface area contributed by atoms with Gasteiger partial charge in [0.2, 0.25) is 11.8 Å². The molecule has 0 aliphatic rings. The maximum Gasteiger partial charge on any atom is 0.228 e. The zero-order valence-electron chi connectivity index (χ0n) is 15.3. The van der Waals surface area contributed by atoms with Gasteiger partial charge in [-0.25, -0.2) is 4.98 Å². The summed E-state index contributed by atoms with van der Waals surface area (Å²) in [5, 5.41) is 6.38. The fourth-order valence-corrected chi connectivity index (χ4v) is 2.91. The minimum atomic E-state index is -0.154. The zero-order valence-corrected chi connectivity index (χ0v) is 16.9. The fraction of sp³-hybridized carbons (Fsp3) is 0.250. The van der Waals surface area contributed by atoms with Crippen LogP contribution in [0, 0.1) is 5.92 Å². The highest BCUT2D eigenvalue weighted by atomic mass is 35.5. The van der Waals surface area contributed by atoms with E-state index in [4.69, 9.17) is 28.2 Å². The summed E-state index contributed by atoms with van der Waals surface area (Å²) in [6.07, 6.45) is 0.928. The van der Waals surface area contributed by atoms with E-state index in [0.717, 1.165) is 11.9 Å². The topological polar surface area (TPSA) is 67.2 Å². The molecule has 7 heteroatoms. The van der Waals surface area contributed by atoms with Crippen molar-refractivity contribution in [2.24, 2.45) is 5.92 Å². The fourth-order valence-electron chi connectivity index (χ4n) is 2.49. The number of halogens is 1. The summed E-state index contributed by atoms with van der Waals surface area (Å²) in [7, 11) is 0. The van der Waals surface area contributed by atoms with Crippen LogP contribution in [0.3, 0.4) is 0 Å². The Labute approximate surface area is 168 Å². The number of aryl methyl sites for hydroxylation is 1. The predicted octanol–water partition coefficient (Wildman–Crippen LogP) is 5.18. The molecule has 1 amide bonds. The van der Waals surface area contributed by atoms with Gasteiger partial charge in [0, 0.05) is 11.6 Å². The zero-order chi connectivity index (χ0) is 19.6. The van der Waals surface area contributed by atoms with Gasteiger partial charge in [-0.1, -0.05) is 38.4 Å². The molecule has 1 heterocycles. The summed E-state index contributed by atoms with van der Waals surface area (Å²) in [4.78, 5) is 16.3. The van der Waals surface area contributed by atoms with Crippen molar-refractivity contribution in [1.29, 1.82) is 0 Å². The van der Waals surface area contributed by atoms with Crippen LogP contribution >= 0.6 is 23.8 Å². The Hall–Kier alpha value is -2.44. The van der Waals surface area contributed by atoms with Gasteiger partial charge in [0.05, 0.1) is 10.6 Å². The summed E-state index contributed by atoms with van der Waals surface area (Å²) in [6.45, 7) is 5.69. The normalized spacial score (nSPS) is 11.0. The van der Waals surface area contributed by atoms with E-state index in [1.165, 1.54) is 5.56 Å². The number of rotatable bonds is 4. The van der Waals surface area contributed by atoms with Gasteiger partial charge in [-0.15, -0.1) is 0 Å². The summed E-state index contributed by atoms with van der Waals surface area (Å²) < 4.78 is 5.86. The minimum absolute atomic E-state index is 0.146. The third-order valence-electron chi connectivity index (χ3n) is 4.08. The second-order valence-electron chi connectivity index (χ2n) is 6.47. The summed E-state index contributed by atoms with van der Waals surface area (Å²) in [5.74, 6) is 0.134. The van der Waals surface area contributed by atoms with Crippen molar-refractivity contribution in [2.45, 2.75) is 27.2 Å². The lowest BCUT2D eigenvalue weighted by Crippen LogP contribution is -2.36. The molecule has 140 valence electrons. The van der Waals surface area contributed by atoms with Gasteiger partial charge in [-0.2, -0.15) is 0 Å². The number of hydrogen-bond donors (Lipinski definition) is 2. The van der Waals surface area contributed by atoms with Gasteiger partial charge in [-0.3, -0.25) is 4.79 Å². The molecule has 2 N–H and O–H groups in total. The molecular weight excluding hydrogens is 382 g/mol. The van der Waals surface area contributed by atoms with E-state index >= 15 is 0 Å². The van der Waals surface area contributed by atoms with Crippen LogP contribution < -0.4 is 10.6 Å². The molecule has 0 bridgehead atoms. The van der Waals surface area contributed by atoms with E-state index in [1.807, 2.05) is 18.2 Å². The average molecular weight is 402 g/mol. The smallest absolute Gasteiger partial charge is 0.228 e. The van der Waals surface area contributed by atoms with Crippen molar-refractivity contribution >= 4 is 51.6 Å². The van der Waals surface area contributed by atoms with Crippen LogP contribution in [0.5, 0.6) is 0 Å². The molecule has 3 rings (SSSR count). The Bertz CT molecular complexity index is 1010. The predicted molar refractivity (Wildman–Crippen MR) is 113 cm³/mol. The largest absolute Gasteiger partial charge is 0.436 e. The summed E-state index contributed by atoms with van der Waals surface area (Å²) in [5.41, 5.74) is 4.01. The Kier molecular flexibility index (Phi) is 5.77. The number of thiocarbonyl (C=S) groups is 1. The molecule has 0 saturated carbocycles. The lowest BCUT2D eigenvalue weighted by atomic mass is 10.1. The highest BCUT2D eigenvalue weighted by molar-refractivity contribution is 7.80. The Morgan fingerprint density at radius 3 is 2.74 bits per heavy atom. The maximum atomic E-state index is 11.8. The quantitative estimate of drug-likeness (QED) is 0.589. The van der Waals surface area contributed by atoms with Crippen LogP contribution in [0.25, 0.3) is 22.6 Å². The number of nitrogens with zero attached hydrogens (tertiary/aromatic N) is 1. The number of aromatic nitrogens is 1. The minimum Gasteiger partial charge on any atom is -0.436 e. The van der Waals surface area contributed by atoms with Crippen LogP contribution in [0.2, 0.25) is 5.02 Å². The molecular formula is C20H20ClN3O2S. The van der Waals surface area contributed by atoms with E-state index in [-0.39, 0.29) is 16.9 Å². The molecule has 0 radical (unpaired) electrons. The number of amides is 1. The van der Waals surface area contributed by atoms with Crippen molar-refractivity contribution in [3.63, 3.8) is 0 Å². The third-order valence-corrected chi connectivity index (χ3v) is 4.61. The highest BCUT2D eigenvalue weighted by Crippen LogP contribution is 2.32. The lowest BCUT2D eigenvalue weighted by Gasteiger charge is -2.12. The molecule has 2 aromatic carbocycles. The van der Waals surface area contributed by atoms with Crippen molar-refractivity contribution in [2.75, 3.05) is 5.32 Å². The molecule has 1 aromatic heterocycles. The molecule has 5 nitrogen and oxygen atoms in total. The van der Waals surface area contributed by atoms with Crippen molar-refractivity contribution in [3.8, 4) is 11.5 Å². The molecule has 0 aliphatic heterocycles. The first kappa shape index (κ1) is 19.3. The van der Waals surface area contributed by atoms with E-state index in [1.54, 1.807) is 32.0 Å². The number of hydrogen-bond acceptors (Lipinski definition) is 4. The van der Waals surface area contributed by atoms with E-state index in [2.05, 4.69) is 22.5 Å². The van der Waals surface area contributed by atoms with Crippen molar-refractivity contribution in [3.05, 3.63) is 47.0 Å². The van der Waals surface area contributed by atoms with Crippen LogP contribution in [-0.4, -0.2) is 16.0 Å². The number of carbonyl (C=O) groups excluding carboxylic acids is 1. The molecule has 27 heavy (non-hydrogen) atoms. The van der Waals surface area contributed by atoms with Gasteiger partial charge in [0.25, 0.3) is 0 Å². The Morgan fingerprint density at radius 1 is 1.26 bits per heavy atom. The average Bonchev–Trinajstić information content (AvgIpc) is 3.05. The number of benzene rings is 2. The first-order chi connectivity index (χ1) is 12.9. The number of oxazole rings is 1. The molecule has 0 spiro atoms. The SMILES string of the molecule is CCc1ccc2oc(-c3cc(NC(=S)NC(=O)C(C)C)ccc3Cl)nc2c1. The van der Waals surface area contributed by atoms with Gasteiger partial charge in [0.15, 0.2) is 10.7 Å². The van der Waals surface area contributed by atoms with E-state index in [9.17, 15) is 4.79 Å². The monoisotopic (exact) mass is 401 g/mol. The summed E-state index contributed by atoms with van der Waals surface area (Å²) >= 11 is 11.5. The van der Waals surface area contributed by atoms with Crippen molar-refractivity contribution < 1.29 is 9.21 Å². The summed E-state index contributed by atoms with van der Waals surface area (Å²) in [6, 6.07) is 11.2. The van der Waals surface area contributed by atoms with E-state index in [0.29, 0.717) is 27.7 Å². The van der Waals surface area contributed by atoms with E-state index < -0.39 is 0 Å². The van der Waals surface area contributed by atoms with Gasteiger partial charge in [-0.05, 0) is 54.5 Å². The highest BCUT2D eigenvalue weighted by Gasteiger charge is 2.14. The van der Waals surface area contributed by atoms with Gasteiger partial charge >= 0.3 is 0 Å². The number of anilines is 1. The first-order valence-corrected chi connectivity index (χ1v) is 9.47. The van der Waals surface area contributed by atoms with Crippen LogP contribution in [0.15, 0.2) is 40.8 Å². The second-order valence-corrected chi connectivity index (χ2v) is 7.28. The molecule has 0 saturated heterocycles. The number of carbonyl (C=O) groups is 1. The number of fused-ring (bicyclic) bond motifs is 1. The van der Waals surface area contributed by atoms with Crippen LogP contribution in [0.4, 0.5) is 5.69 Å². The van der Waals surface area contributed by atoms with Crippen LogP contribution in [0.1, 0.15) is 26.3 Å². The Balaban J connectivity index is 1.87. The number of nitrogens with one attached hydrogen (secondary N) is 2. The third kappa shape index (κ3) is 4.46. The van der Waals surface area contributed by atoms with Crippen LogP contribution in [-0.2, 0) is 11.2 Å². The lowest BCUT2D eigenvalue weighted by molar-refractivity contribution is -0.122. The molecule has 0 aliphatic carbocycles. The molecule has 0 fully saturated rings. The molecule has 0 unspecified atom stereocenters.